The molecule has 2 heterocycles. The van der Waals surface area contributed by atoms with E-state index in [1.54, 1.807) is 7.05 Å². The first-order valence-electron chi connectivity index (χ1n) is 16.6. The Labute approximate surface area is 266 Å². The summed E-state index contributed by atoms with van der Waals surface area (Å²) >= 11 is 0. The van der Waals surface area contributed by atoms with Gasteiger partial charge < -0.3 is 19.3 Å². The van der Waals surface area contributed by atoms with Gasteiger partial charge in [-0.25, -0.2) is 4.79 Å². The first-order valence-corrected chi connectivity index (χ1v) is 18.1. The second-order valence-corrected chi connectivity index (χ2v) is 16.8. The van der Waals surface area contributed by atoms with Crippen molar-refractivity contribution >= 4 is 25.1 Å². The largest absolute Gasteiger partial charge is 0.451 e. The summed E-state index contributed by atoms with van der Waals surface area (Å²) in [5.41, 5.74) is 0.425. The molecule has 7 nitrogen and oxygen atoms in total. The van der Waals surface area contributed by atoms with E-state index in [2.05, 4.69) is 31.6 Å². The smallest absolute Gasteiger partial charge is 0.340 e. The summed E-state index contributed by atoms with van der Waals surface area (Å²) in [6.07, 6.45) is 4.31. The van der Waals surface area contributed by atoms with Crippen molar-refractivity contribution < 1.29 is 28.9 Å². The Bertz CT molecular complexity index is 1290. The highest BCUT2D eigenvalue weighted by atomic mass is 31.1. The highest BCUT2D eigenvalue weighted by Crippen LogP contribution is 2.70. The SMILES string of the molecule is CCC(=NC)/C(C(=O)OC1C(C)=CC2(C(C)C)C(=O)P([C@H]3CC[C@@H](CC)C3(C)C)C=C3COC(C)(C)OC3C12O)=C(/C)CC. The summed E-state index contributed by atoms with van der Waals surface area (Å²) in [7, 11) is 0.349. The number of aliphatic imine (C=N–C) groups is 1. The van der Waals surface area contributed by atoms with Crippen LogP contribution >= 0.6 is 7.92 Å². The minimum atomic E-state index is -1.87. The lowest BCUT2D eigenvalue weighted by molar-refractivity contribution is -0.303. The van der Waals surface area contributed by atoms with Crippen LogP contribution in [-0.4, -0.2) is 65.2 Å². The molecule has 0 aromatic rings. The Morgan fingerprint density at radius 1 is 1.16 bits per heavy atom. The van der Waals surface area contributed by atoms with Gasteiger partial charge in [-0.15, -0.1) is 0 Å². The molecule has 4 aliphatic rings. The van der Waals surface area contributed by atoms with E-state index < -0.39 is 42.9 Å². The van der Waals surface area contributed by atoms with Crippen LogP contribution in [0.15, 0.2) is 39.2 Å². The minimum Gasteiger partial charge on any atom is -0.451 e. The van der Waals surface area contributed by atoms with E-state index in [9.17, 15) is 9.90 Å². The lowest BCUT2D eigenvalue weighted by Gasteiger charge is -2.52. The molecular formula is C36H56NO6P. The van der Waals surface area contributed by atoms with E-state index >= 15 is 4.79 Å². The zero-order chi connectivity index (χ0) is 33.0. The monoisotopic (exact) mass is 629 g/mol. The average molecular weight is 630 g/mol. The van der Waals surface area contributed by atoms with Crippen LogP contribution < -0.4 is 0 Å². The van der Waals surface area contributed by atoms with Crippen LogP contribution in [0.25, 0.3) is 0 Å². The maximum Gasteiger partial charge on any atom is 0.340 e. The maximum atomic E-state index is 15.4. The van der Waals surface area contributed by atoms with Crippen LogP contribution in [0.1, 0.15) is 108 Å². The number of nitrogens with zero attached hydrogens (tertiary/aromatic N) is 1. The van der Waals surface area contributed by atoms with Gasteiger partial charge in [0.25, 0.3) is 0 Å². The van der Waals surface area contributed by atoms with Crippen molar-refractivity contribution in [3.8, 4) is 0 Å². The van der Waals surface area contributed by atoms with Crippen LogP contribution in [0.3, 0.4) is 0 Å². The number of rotatable bonds is 8. The number of hydrogen-bond donors (Lipinski definition) is 1. The van der Waals surface area contributed by atoms with Crippen LogP contribution in [-0.2, 0) is 23.8 Å². The third-order valence-electron chi connectivity index (χ3n) is 11.3. The predicted molar refractivity (Wildman–Crippen MR) is 178 cm³/mol. The first-order chi connectivity index (χ1) is 20.5. The topological polar surface area (TPSA) is 94.4 Å². The molecule has 7 atom stereocenters. The third-order valence-corrected chi connectivity index (χ3v) is 14.3. The number of carbonyl (C=O) groups excluding carboxylic acids is 2. The standard InChI is InChI=1S/C36H56NO6P/c1-13-22(6)28(26(15-3)37-12)31(38)42-29-23(7)18-35(21(4)5)32(39)44(27-17-16-25(14-2)33(27,8)9)20-24-19-41-34(10,11)43-30(24)36(29,35)40/h18,20-21,25,27,29-30,40H,13-17,19H2,1-12H3/b28-22+,37-26?/t25-,27+,29?,30?,35?,36?,44?/m1/s1. The molecule has 4 rings (SSSR count). The lowest BCUT2D eigenvalue weighted by atomic mass is 9.63. The van der Waals surface area contributed by atoms with Crippen LogP contribution in [0, 0.1) is 22.7 Å². The molecule has 1 saturated carbocycles. The third kappa shape index (κ3) is 5.32. The van der Waals surface area contributed by atoms with E-state index in [0.29, 0.717) is 35.6 Å². The number of carbonyl (C=O) groups is 2. The molecule has 0 aromatic carbocycles. The van der Waals surface area contributed by atoms with Crippen molar-refractivity contribution in [3.05, 3.63) is 34.2 Å². The molecule has 2 fully saturated rings. The van der Waals surface area contributed by atoms with Crippen molar-refractivity contribution in [2.24, 2.45) is 27.7 Å². The number of ether oxygens (including phenoxy) is 3. The van der Waals surface area contributed by atoms with Crippen molar-refractivity contribution in [2.75, 3.05) is 13.7 Å². The van der Waals surface area contributed by atoms with Crippen molar-refractivity contribution in [3.63, 3.8) is 0 Å². The summed E-state index contributed by atoms with van der Waals surface area (Å²) in [6.45, 7) is 22.5. The molecule has 0 amide bonds. The number of allylic oxidation sites excluding steroid dienone is 1. The molecule has 246 valence electrons. The average Bonchev–Trinajstić information content (AvgIpc) is 3.36. The van der Waals surface area contributed by atoms with Crippen LogP contribution in [0.2, 0.25) is 0 Å². The fourth-order valence-electron chi connectivity index (χ4n) is 8.58. The number of esters is 1. The first kappa shape index (κ1) is 35.2. The molecule has 0 spiro atoms. The highest BCUT2D eigenvalue weighted by molar-refractivity contribution is 7.78. The van der Waals surface area contributed by atoms with E-state index in [0.717, 1.165) is 30.4 Å². The summed E-state index contributed by atoms with van der Waals surface area (Å²) in [6, 6.07) is 0. The quantitative estimate of drug-likeness (QED) is 0.0972. The summed E-state index contributed by atoms with van der Waals surface area (Å²) in [4.78, 5) is 33.9. The molecule has 8 heteroatoms. The van der Waals surface area contributed by atoms with Gasteiger partial charge in [-0.05, 0) is 101 Å². The number of aliphatic hydroxyl groups is 1. The van der Waals surface area contributed by atoms with Gasteiger partial charge >= 0.3 is 5.97 Å². The van der Waals surface area contributed by atoms with Crippen molar-refractivity contribution in [1.29, 1.82) is 0 Å². The van der Waals surface area contributed by atoms with E-state index in [4.69, 9.17) is 14.2 Å². The van der Waals surface area contributed by atoms with Crippen molar-refractivity contribution in [1.82, 2.24) is 0 Å². The molecule has 44 heavy (non-hydrogen) atoms. The predicted octanol–water partition coefficient (Wildman–Crippen LogP) is 7.71. The second-order valence-electron chi connectivity index (χ2n) is 14.7. The lowest BCUT2D eigenvalue weighted by Crippen LogP contribution is -2.67. The Morgan fingerprint density at radius 2 is 1.82 bits per heavy atom. The zero-order valence-corrected chi connectivity index (χ0v) is 30.1. The Balaban J connectivity index is 1.93. The minimum absolute atomic E-state index is 0.0321. The highest BCUT2D eigenvalue weighted by Gasteiger charge is 2.73. The normalized spacial score (nSPS) is 37.1. The Morgan fingerprint density at radius 3 is 2.34 bits per heavy atom. The molecule has 2 aliphatic heterocycles. The molecule has 2 aliphatic carbocycles. The number of hydrogen-bond acceptors (Lipinski definition) is 7. The molecular weight excluding hydrogens is 573 g/mol. The molecule has 0 aromatic heterocycles. The molecule has 0 radical (unpaired) electrons. The van der Waals surface area contributed by atoms with Crippen LogP contribution in [0.4, 0.5) is 0 Å². The van der Waals surface area contributed by atoms with Gasteiger partial charge in [0.05, 0.1) is 17.6 Å². The maximum absolute atomic E-state index is 15.4. The van der Waals surface area contributed by atoms with Gasteiger partial charge in [0.1, 0.15) is 6.10 Å². The number of fused-ring (bicyclic) bond motifs is 3. The molecule has 5 unspecified atom stereocenters. The molecule has 0 bridgehead atoms. The fraction of sp³-hybridized carbons (Fsp3) is 0.750. The summed E-state index contributed by atoms with van der Waals surface area (Å²) in [5, 5.41) is 13.4. The fourth-order valence-corrected chi connectivity index (χ4v) is 12.0. The summed E-state index contributed by atoms with van der Waals surface area (Å²) in [5.74, 6) is 0.830. The van der Waals surface area contributed by atoms with Gasteiger partial charge in [-0.3, -0.25) is 9.79 Å². The van der Waals surface area contributed by atoms with Crippen molar-refractivity contribution in [2.45, 2.75) is 138 Å². The van der Waals surface area contributed by atoms with Gasteiger partial charge in [0.15, 0.2) is 23.0 Å². The Hall–Kier alpha value is -1.66. The molecule has 1 saturated heterocycles. The van der Waals surface area contributed by atoms with E-state index in [1.807, 2.05) is 61.5 Å². The van der Waals surface area contributed by atoms with Gasteiger partial charge in [0, 0.05) is 12.8 Å². The van der Waals surface area contributed by atoms with Gasteiger partial charge in [-0.2, -0.15) is 0 Å². The van der Waals surface area contributed by atoms with E-state index in [1.165, 1.54) is 0 Å². The van der Waals surface area contributed by atoms with Gasteiger partial charge in [-0.1, -0.05) is 66.5 Å². The van der Waals surface area contributed by atoms with E-state index in [-0.39, 0.29) is 29.1 Å². The molecule has 1 N–H and O–H groups in total. The van der Waals surface area contributed by atoms with Crippen LogP contribution in [0.5, 0.6) is 0 Å². The summed E-state index contributed by atoms with van der Waals surface area (Å²) < 4.78 is 19.2. The zero-order valence-electron chi connectivity index (χ0n) is 29.2. The second kappa shape index (κ2) is 12.5. The Kier molecular flexibility index (Phi) is 10.0. The van der Waals surface area contributed by atoms with Gasteiger partial charge in [0.2, 0.25) is 0 Å².